The molecule has 1 rings (SSSR count). The Labute approximate surface area is 89.0 Å². The molecule has 0 aromatic rings. The Kier molecular flexibility index (Phi) is 3.38. The molecule has 0 spiro atoms. The SMILES string of the molecule is C=C[Si](C)(C)OC1C=CC(C)(C)CC1. The molecule has 0 aliphatic heterocycles. The highest BCUT2D eigenvalue weighted by Gasteiger charge is 2.26. The van der Waals surface area contributed by atoms with Gasteiger partial charge in [0.2, 0.25) is 8.32 Å². The lowest BCUT2D eigenvalue weighted by Gasteiger charge is -2.32. The van der Waals surface area contributed by atoms with Crippen LogP contribution in [0.1, 0.15) is 26.7 Å². The molecule has 1 unspecified atom stereocenters. The Morgan fingerprint density at radius 3 is 2.57 bits per heavy atom. The highest BCUT2D eigenvalue weighted by molar-refractivity contribution is 6.76. The molecular weight excluding hydrogens is 188 g/mol. The summed E-state index contributed by atoms with van der Waals surface area (Å²) in [5.41, 5.74) is 2.36. The van der Waals surface area contributed by atoms with Gasteiger partial charge in [-0.05, 0) is 31.4 Å². The number of rotatable bonds is 3. The van der Waals surface area contributed by atoms with E-state index in [9.17, 15) is 0 Å². The summed E-state index contributed by atoms with van der Waals surface area (Å²) in [6.07, 6.45) is 7.20. The molecule has 1 aliphatic carbocycles. The average Bonchev–Trinajstić information content (AvgIpc) is 2.09. The molecule has 0 bridgehead atoms. The molecule has 0 saturated heterocycles. The highest BCUT2D eigenvalue weighted by Crippen LogP contribution is 2.31. The zero-order valence-corrected chi connectivity index (χ0v) is 10.8. The first kappa shape index (κ1) is 11.7. The van der Waals surface area contributed by atoms with Crippen molar-refractivity contribution in [1.82, 2.24) is 0 Å². The van der Waals surface area contributed by atoms with Crippen molar-refractivity contribution in [2.24, 2.45) is 5.41 Å². The molecule has 0 heterocycles. The van der Waals surface area contributed by atoms with E-state index >= 15 is 0 Å². The van der Waals surface area contributed by atoms with E-state index in [4.69, 9.17) is 4.43 Å². The van der Waals surface area contributed by atoms with Crippen molar-refractivity contribution in [3.8, 4) is 0 Å². The zero-order chi connectivity index (χ0) is 10.8. The summed E-state index contributed by atoms with van der Waals surface area (Å²) in [5, 5.41) is 0. The van der Waals surface area contributed by atoms with E-state index in [1.807, 2.05) is 5.70 Å². The average molecular weight is 210 g/mol. The van der Waals surface area contributed by atoms with Crippen molar-refractivity contribution in [3.05, 3.63) is 24.4 Å². The highest BCUT2D eigenvalue weighted by atomic mass is 28.4. The fraction of sp³-hybridized carbons (Fsp3) is 0.667. The van der Waals surface area contributed by atoms with Crippen molar-refractivity contribution < 1.29 is 4.43 Å². The van der Waals surface area contributed by atoms with Crippen LogP contribution in [0.15, 0.2) is 24.4 Å². The van der Waals surface area contributed by atoms with Crippen LogP contribution < -0.4 is 0 Å². The van der Waals surface area contributed by atoms with Crippen LogP contribution in [0, 0.1) is 5.41 Å². The maximum atomic E-state index is 6.06. The van der Waals surface area contributed by atoms with E-state index in [1.54, 1.807) is 0 Å². The molecule has 0 aromatic heterocycles. The number of allylic oxidation sites excluding steroid dienone is 1. The van der Waals surface area contributed by atoms with E-state index < -0.39 is 8.32 Å². The van der Waals surface area contributed by atoms with Gasteiger partial charge in [-0.3, -0.25) is 0 Å². The third kappa shape index (κ3) is 3.43. The van der Waals surface area contributed by atoms with Crippen LogP contribution in [0.2, 0.25) is 13.1 Å². The Balaban J connectivity index is 2.54. The Hall–Kier alpha value is -0.343. The molecule has 1 aliphatic rings. The van der Waals surface area contributed by atoms with Crippen LogP contribution in [0.25, 0.3) is 0 Å². The minimum absolute atomic E-state index is 0.322. The fourth-order valence-electron chi connectivity index (χ4n) is 1.60. The molecule has 14 heavy (non-hydrogen) atoms. The maximum Gasteiger partial charge on any atom is 0.211 e. The largest absolute Gasteiger partial charge is 0.407 e. The van der Waals surface area contributed by atoms with Crippen molar-refractivity contribution in [2.75, 3.05) is 0 Å². The van der Waals surface area contributed by atoms with Crippen LogP contribution in [-0.4, -0.2) is 14.4 Å². The molecule has 80 valence electrons. The van der Waals surface area contributed by atoms with Gasteiger partial charge in [-0.2, -0.15) is 0 Å². The summed E-state index contributed by atoms with van der Waals surface area (Å²) in [6, 6.07) is 0. The van der Waals surface area contributed by atoms with Gasteiger partial charge in [0.1, 0.15) is 0 Å². The summed E-state index contributed by atoms with van der Waals surface area (Å²) in [6.45, 7) is 12.8. The molecule has 0 N–H and O–H groups in total. The second-order valence-electron chi connectivity index (χ2n) is 5.35. The molecule has 0 saturated carbocycles. The predicted octanol–water partition coefficient (Wildman–Crippen LogP) is 3.68. The van der Waals surface area contributed by atoms with Gasteiger partial charge in [-0.1, -0.05) is 31.7 Å². The normalized spacial score (nSPS) is 26.1. The van der Waals surface area contributed by atoms with Gasteiger partial charge >= 0.3 is 0 Å². The predicted molar refractivity (Wildman–Crippen MR) is 64.7 cm³/mol. The first-order chi connectivity index (χ1) is 6.35. The van der Waals surface area contributed by atoms with Crippen LogP contribution in [0.5, 0.6) is 0 Å². The summed E-state index contributed by atoms with van der Waals surface area (Å²) < 4.78 is 6.06. The van der Waals surface area contributed by atoms with Crippen molar-refractivity contribution in [2.45, 2.75) is 45.9 Å². The fourth-order valence-corrected chi connectivity index (χ4v) is 2.67. The lowest BCUT2D eigenvalue weighted by Crippen LogP contribution is -2.34. The zero-order valence-electron chi connectivity index (χ0n) is 9.84. The van der Waals surface area contributed by atoms with E-state index in [0.717, 1.165) is 6.42 Å². The molecule has 0 amide bonds. The summed E-state index contributed by atoms with van der Waals surface area (Å²) in [5.74, 6) is 0. The third-order valence-corrected chi connectivity index (χ3v) is 4.68. The first-order valence-corrected chi connectivity index (χ1v) is 8.34. The standard InChI is InChI=1S/C12H22OSi/c1-6-14(4,5)13-11-7-9-12(2,3)10-8-11/h6-7,9,11H,1,8,10H2,2-5H3. The smallest absolute Gasteiger partial charge is 0.211 e. The van der Waals surface area contributed by atoms with Gasteiger partial charge in [0.25, 0.3) is 0 Å². The van der Waals surface area contributed by atoms with E-state index in [1.165, 1.54) is 6.42 Å². The topological polar surface area (TPSA) is 9.23 Å². The minimum Gasteiger partial charge on any atom is -0.407 e. The van der Waals surface area contributed by atoms with Crippen LogP contribution >= 0.6 is 0 Å². The molecular formula is C12H22OSi. The molecule has 2 heteroatoms. The summed E-state index contributed by atoms with van der Waals surface area (Å²) in [7, 11) is -1.60. The summed E-state index contributed by atoms with van der Waals surface area (Å²) >= 11 is 0. The lowest BCUT2D eigenvalue weighted by molar-refractivity contribution is 0.199. The van der Waals surface area contributed by atoms with Crippen LogP contribution in [0.3, 0.4) is 0 Å². The minimum atomic E-state index is -1.60. The van der Waals surface area contributed by atoms with E-state index in [-0.39, 0.29) is 0 Å². The number of hydrogen-bond acceptors (Lipinski definition) is 1. The van der Waals surface area contributed by atoms with Crippen molar-refractivity contribution in [1.29, 1.82) is 0 Å². The van der Waals surface area contributed by atoms with Gasteiger partial charge in [0, 0.05) is 0 Å². The third-order valence-electron chi connectivity index (χ3n) is 2.78. The lowest BCUT2D eigenvalue weighted by atomic mass is 9.82. The van der Waals surface area contributed by atoms with E-state index in [2.05, 4.69) is 45.7 Å². The van der Waals surface area contributed by atoms with Gasteiger partial charge in [-0.15, -0.1) is 6.58 Å². The second kappa shape index (κ2) is 4.03. The first-order valence-electron chi connectivity index (χ1n) is 5.35. The Morgan fingerprint density at radius 1 is 1.50 bits per heavy atom. The molecule has 0 radical (unpaired) electrons. The van der Waals surface area contributed by atoms with E-state index in [0.29, 0.717) is 11.5 Å². The molecule has 0 aromatic carbocycles. The molecule has 1 atom stereocenters. The van der Waals surface area contributed by atoms with Gasteiger partial charge in [0.05, 0.1) is 6.10 Å². The quantitative estimate of drug-likeness (QED) is 0.510. The van der Waals surface area contributed by atoms with Gasteiger partial charge < -0.3 is 4.43 Å². The van der Waals surface area contributed by atoms with Crippen LogP contribution in [-0.2, 0) is 4.43 Å². The molecule has 1 nitrogen and oxygen atoms in total. The van der Waals surface area contributed by atoms with Gasteiger partial charge in [-0.25, -0.2) is 0 Å². The van der Waals surface area contributed by atoms with Crippen molar-refractivity contribution >= 4 is 8.32 Å². The monoisotopic (exact) mass is 210 g/mol. The van der Waals surface area contributed by atoms with Gasteiger partial charge in [0.15, 0.2) is 0 Å². The summed E-state index contributed by atoms with van der Waals surface area (Å²) in [4.78, 5) is 0. The number of hydrogen-bond donors (Lipinski definition) is 0. The maximum absolute atomic E-state index is 6.06. The second-order valence-corrected chi connectivity index (χ2v) is 9.20. The Morgan fingerprint density at radius 2 is 2.14 bits per heavy atom. The van der Waals surface area contributed by atoms with Crippen LogP contribution in [0.4, 0.5) is 0 Å². The van der Waals surface area contributed by atoms with Crippen molar-refractivity contribution in [3.63, 3.8) is 0 Å². The molecule has 0 fully saturated rings. The Bertz CT molecular complexity index is 241.